The van der Waals surface area contributed by atoms with E-state index in [0.717, 1.165) is 22.2 Å². The molecule has 0 amide bonds. The quantitative estimate of drug-likeness (QED) is 0.900. The van der Waals surface area contributed by atoms with E-state index in [-0.39, 0.29) is 12.3 Å². The molecule has 0 aliphatic rings. The van der Waals surface area contributed by atoms with Crippen molar-refractivity contribution in [2.45, 2.75) is 26.7 Å². The van der Waals surface area contributed by atoms with Gasteiger partial charge in [0.2, 0.25) is 0 Å². The second-order valence-electron chi connectivity index (χ2n) is 4.44. The van der Waals surface area contributed by atoms with Crippen LogP contribution in [0.4, 0.5) is 0 Å². The summed E-state index contributed by atoms with van der Waals surface area (Å²) < 4.78 is 5.50. The molecule has 0 radical (unpaired) electrons. The van der Waals surface area contributed by atoms with E-state index in [4.69, 9.17) is 9.52 Å². The average Bonchev–Trinajstić information content (AvgIpc) is 2.85. The van der Waals surface area contributed by atoms with Crippen LogP contribution in [0.5, 0.6) is 0 Å². The molecule has 0 saturated carbocycles. The van der Waals surface area contributed by atoms with E-state index in [1.54, 1.807) is 11.3 Å². The van der Waals surface area contributed by atoms with Gasteiger partial charge in [-0.2, -0.15) is 0 Å². The van der Waals surface area contributed by atoms with Crippen LogP contribution in [0.1, 0.15) is 24.1 Å². The first kappa shape index (κ1) is 12.8. The molecule has 2 aromatic rings. The van der Waals surface area contributed by atoms with E-state index < -0.39 is 5.97 Å². The van der Waals surface area contributed by atoms with Gasteiger partial charge in [0.1, 0.15) is 11.5 Å². The number of aryl methyl sites for hydroxylation is 1. The Bertz CT molecular complexity index is 544. The summed E-state index contributed by atoms with van der Waals surface area (Å²) in [5.41, 5.74) is 0.825. The standard InChI is InChI=1S/C13H15NO3S/c1-8(6-13(15)16)5-12-14-10(7-18-12)11-4-3-9(2)17-11/h3-4,7-8H,5-6H2,1-2H3,(H,15,16). The Labute approximate surface area is 109 Å². The summed E-state index contributed by atoms with van der Waals surface area (Å²) in [5.74, 6) is 0.959. The molecular formula is C13H15NO3S. The molecule has 1 N–H and O–H groups in total. The summed E-state index contributed by atoms with van der Waals surface area (Å²) in [6.07, 6.45) is 0.866. The number of furan rings is 1. The van der Waals surface area contributed by atoms with Crippen LogP contribution in [-0.4, -0.2) is 16.1 Å². The SMILES string of the molecule is Cc1ccc(-c2csc(CC(C)CC(=O)O)n2)o1. The number of hydrogen-bond acceptors (Lipinski definition) is 4. The fourth-order valence-electron chi connectivity index (χ4n) is 1.76. The molecule has 5 heteroatoms. The van der Waals surface area contributed by atoms with E-state index in [9.17, 15) is 4.79 Å². The van der Waals surface area contributed by atoms with Crippen molar-refractivity contribution in [1.82, 2.24) is 4.98 Å². The molecule has 0 aliphatic heterocycles. The van der Waals surface area contributed by atoms with E-state index >= 15 is 0 Å². The number of thiazole rings is 1. The third-order valence-electron chi connectivity index (χ3n) is 2.59. The molecule has 0 saturated heterocycles. The summed E-state index contributed by atoms with van der Waals surface area (Å²) in [4.78, 5) is 15.1. The van der Waals surface area contributed by atoms with Gasteiger partial charge in [-0.3, -0.25) is 4.79 Å². The number of aromatic nitrogens is 1. The predicted molar refractivity (Wildman–Crippen MR) is 69.7 cm³/mol. The molecule has 2 aromatic heterocycles. The minimum absolute atomic E-state index is 0.0971. The van der Waals surface area contributed by atoms with Crippen LogP contribution in [0.2, 0.25) is 0 Å². The van der Waals surface area contributed by atoms with Crippen molar-refractivity contribution in [2.24, 2.45) is 5.92 Å². The summed E-state index contributed by atoms with van der Waals surface area (Å²) >= 11 is 1.55. The van der Waals surface area contributed by atoms with Gasteiger partial charge in [0.15, 0.2) is 5.76 Å². The molecule has 0 aliphatic carbocycles. The Morgan fingerprint density at radius 3 is 2.94 bits per heavy atom. The predicted octanol–water partition coefficient (Wildman–Crippen LogP) is 3.36. The summed E-state index contributed by atoms with van der Waals surface area (Å²) in [6, 6.07) is 3.80. The van der Waals surface area contributed by atoms with E-state index in [1.807, 2.05) is 31.4 Å². The van der Waals surface area contributed by atoms with E-state index in [0.29, 0.717) is 6.42 Å². The first-order valence-corrected chi connectivity index (χ1v) is 6.65. The van der Waals surface area contributed by atoms with Gasteiger partial charge in [-0.15, -0.1) is 11.3 Å². The van der Waals surface area contributed by atoms with Crippen molar-refractivity contribution >= 4 is 17.3 Å². The topological polar surface area (TPSA) is 63.3 Å². The van der Waals surface area contributed by atoms with Crippen molar-refractivity contribution in [3.8, 4) is 11.5 Å². The summed E-state index contributed by atoms with van der Waals surface area (Å²) in [5, 5.41) is 11.6. The molecule has 0 aromatic carbocycles. The normalized spacial score (nSPS) is 12.6. The zero-order valence-electron chi connectivity index (χ0n) is 10.3. The molecule has 0 bridgehead atoms. The minimum Gasteiger partial charge on any atom is -0.481 e. The first-order chi connectivity index (χ1) is 8.54. The van der Waals surface area contributed by atoms with Crippen LogP contribution >= 0.6 is 11.3 Å². The third-order valence-corrected chi connectivity index (χ3v) is 3.46. The molecule has 2 heterocycles. The molecule has 0 fully saturated rings. The van der Waals surface area contributed by atoms with E-state index in [1.165, 1.54) is 0 Å². The van der Waals surface area contributed by atoms with Gasteiger partial charge in [-0.05, 0) is 25.0 Å². The molecule has 96 valence electrons. The molecule has 4 nitrogen and oxygen atoms in total. The van der Waals surface area contributed by atoms with Gasteiger partial charge in [0.05, 0.1) is 5.01 Å². The number of nitrogens with zero attached hydrogens (tertiary/aromatic N) is 1. The van der Waals surface area contributed by atoms with Crippen LogP contribution in [0.3, 0.4) is 0 Å². The number of carboxylic acids is 1. The van der Waals surface area contributed by atoms with Gasteiger partial charge in [0, 0.05) is 18.2 Å². The lowest BCUT2D eigenvalue weighted by molar-refractivity contribution is -0.137. The third kappa shape index (κ3) is 3.20. The average molecular weight is 265 g/mol. The lowest BCUT2D eigenvalue weighted by Crippen LogP contribution is -2.06. The summed E-state index contributed by atoms with van der Waals surface area (Å²) in [6.45, 7) is 3.82. The van der Waals surface area contributed by atoms with Gasteiger partial charge >= 0.3 is 5.97 Å². The maximum atomic E-state index is 10.6. The van der Waals surface area contributed by atoms with Crippen LogP contribution < -0.4 is 0 Å². The fourth-order valence-corrected chi connectivity index (χ4v) is 2.71. The number of rotatable bonds is 5. The fraction of sp³-hybridized carbons (Fsp3) is 0.385. The van der Waals surface area contributed by atoms with Crippen molar-refractivity contribution in [3.63, 3.8) is 0 Å². The molecule has 18 heavy (non-hydrogen) atoms. The highest BCUT2D eigenvalue weighted by molar-refractivity contribution is 7.09. The molecule has 1 unspecified atom stereocenters. The largest absolute Gasteiger partial charge is 0.481 e. The smallest absolute Gasteiger partial charge is 0.303 e. The zero-order chi connectivity index (χ0) is 13.1. The Kier molecular flexibility index (Phi) is 3.81. The maximum absolute atomic E-state index is 10.6. The van der Waals surface area contributed by atoms with Crippen LogP contribution in [0.15, 0.2) is 21.9 Å². The molecular weight excluding hydrogens is 250 g/mol. The Hall–Kier alpha value is -1.62. The zero-order valence-corrected chi connectivity index (χ0v) is 11.2. The molecule has 2 rings (SSSR count). The number of carbonyl (C=O) groups is 1. The van der Waals surface area contributed by atoms with Gasteiger partial charge in [-0.1, -0.05) is 6.92 Å². The lowest BCUT2D eigenvalue weighted by atomic mass is 10.1. The maximum Gasteiger partial charge on any atom is 0.303 e. The highest BCUT2D eigenvalue weighted by atomic mass is 32.1. The second-order valence-corrected chi connectivity index (χ2v) is 5.39. The van der Waals surface area contributed by atoms with Crippen molar-refractivity contribution < 1.29 is 14.3 Å². The number of hydrogen-bond donors (Lipinski definition) is 1. The molecule has 1 atom stereocenters. The van der Waals surface area contributed by atoms with Gasteiger partial charge in [0.25, 0.3) is 0 Å². The van der Waals surface area contributed by atoms with Gasteiger partial charge < -0.3 is 9.52 Å². The minimum atomic E-state index is -0.763. The number of carboxylic acid groups (broad SMARTS) is 1. The highest BCUT2D eigenvalue weighted by Crippen LogP contribution is 2.25. The Balaban J connectivity index is 2.04. The van der Waals surface area contributed by atoms with E-state index in [2.05, 4.69) is 4.98 Å². The van der Waals surface area contributed by atoms with Crippen LogP contribution in [0, 0.1) is 12.8 Å². The van der Waals surface area contributed by atoms with Crippen LogP contribution in [-0.2, 0) is 11.2 Å². The Morgan fingerprint density at radius 1 is 1.56 bits per heavy atom. The Morgan fingerprint density at radius 2 is 2.33 bits per heavy atom. The van der Waals surface area contributed by atoms with Gasteiger partial charge in [-0.25, -0.2) is 4.98 Å². The highest BCUT2D eigenvalue weighted by Gasteiger charge is 2.13. The van der Waals surface area contributed by atoms with Crippen molar-refractivity contribution in [1.29, 1.82) is 0 Å². The number of aliphatic carboxylic acids is 1. The first-order valence-electron chi connectivity index (χ1n) is 5.77. The summed E-state index contributed by atoms with van der Waals surface area (Å²) in [7, 11) is 0. The van der Waals surface area contributed by atoms with Crippen LogP contribution in [0.25, 0.3) is 11.5 Å². The van der Waals surface area contributed by atoms with Crippen molar-refractivity contribution in [3.05, 3.63) is 28.3 Å². The monoisotopic (exact) mass is 265 g/mol. The second kappa shape index (κ2) is 5.35. The van der Waals surface area contributed by atoms with Crippen molar-refractivity contribution in [2.75, 3.05) is 0 Å². The molecule has 0 spiro atoms. The lowest BCUT2D eigenvalue weighted by Gasteiger charge is -2.04.